The molecule has 8 nitrogen and oxygen atoms in total. The Bertz CT molecular complexity index is 1480. The maximum Gasteiger partial charge on any atom is 0.573 e. The number of halogens is 3. The Kier molecular flexibility index (Phi) is 9.34. The van der Waals surface area contributed by atoms with E-state index in [1.165, 1.54) is 30.3 Å². The molecule has 1 saturated carbocycles. The van der Waals surface area contributed by atoms with Gasteiger partial charge in [-0.05, 0) is 47.7 Å². The van der Waals surface area contributed by atoms with Crippen molar-refractivity contribution in [3.63, 3.8) is 0 Å². The molecule has 2 amide bonds. The van der Waals surface area contributed by atoms with Crippen LogP contribution in [0, 0.1) is 11.8 Å². The highest BCUT2D eigenvalue weighted by Crippen LogP contribution is 2.31. The number of hydrogen-bond donors (Lipinski definition) is 3. The number of benzene rings is 3. The van der Waals surface area contributed by atoms with Gasteiger partial charge in [0.2, 0.25) is 21.8 Å². The first-order chi connectivity index (χ1) is 19.4. The van der Waals surface area contributed by atoms with E-state index in [1.807, 2.05) is 0 Å². The van der Waals surface area contributed by atoms with E-state index in [0.717, 1.165) is 18.4 Å². The Balaban J connectivity index is 1.33. The van der Waals surface area contributed by atoms with Crippen molar-refractivity contribution in [1.29, 1.82) is 0 Å². The summed E-state index contributed by atoms with van der Waals surface area (Å²) in [5.74, 6) is -1.89. The average molecular weight is 590 g/mol. The molecule has 1 aliphatic rings. The van der Waals surface area contributed by atoms with Crippen molar-refractivity contribution >= 4 is 21.8 Å². The Labute approximate surface area is 236 Å². The first-order valence-electron chi connectivity index (χ1n) is 13.0. The summed E-state index contributed by atoms with van der Waals surface area (Å²) in [6, 6.07) is 18.7. The molecule has 0 aromatic heterocycles. The maximum absolute atomic E-state index is 13.1. The standard InChI is InChI=1S/C29H30F3N3O5S/c30-29(31,32)40-22-15-11-20(12-16-22)18-35-28(37)25-7-2-1-6-24(25)27(36)34-17-19-9-13-21(14-10-19)23-5-3-4-8-26(23)41(33,38)39/h3-5,8-16,24-25H,1-2,6-7,17-18H2,(H,34,36)(H,35,37)(H2,33,38,39)/t24-,25-/m1/s1. The van der Waals surface area contributed by atoms with Gasteiger partial charge in [-0.2, -0.15) is 0 Å². The molecule has 218 valence electrons. The fraction of sp³-hybridized carbons (Fsp3) is 0.310. The van der Waals surface area contributed by atoms with E-state index >= 15 is 0 Å². The molecule has 0 spiro atoms. The summed E-state index contributed by atoms with van der Waals surface area (Å²) in [6.45, 7) is 0.337. The molecule has 1 aliphatic carbocycles. The summed E-state index contributed by atoms with van der Waals surface area (Å²) in [7, 11) is -3.90. The third-order valence-corrected chi connectivity index (χ3v) is 7.96. The van der Waals surface area contributed by atoms with Gasteiger partial charge < -0.3 is 15.4 Å². The van der Waals surface area contributed by atoms with Crippen LogP contribution in [0.1, 0.15) is 36.8 Å². The molecule has 3 aromatic rings. The molecule has 1 fully saturated rings. The number of sulfonamides is 1. The summed E-state index contributed by atoms with van der Waals surface area (Å²) in [6.07, 6.45) is -2.03. The van der Waals surface area contributed by atoms with Gasteiger partial charge in [0.15, 0.2) is 0 Å². The zero-order valence-corrected chi connectivity index (χ0v) is 22.8. The van der Waals surface area contributed by atoms with Gasteiger partial charge in [0.1, 0.15) is 5.75 Å². The zero-order valence-electron chi connectivity index (χ0n) is 22.0. The topological polar surface area (TPSA) is 128 Å². The van der Waals surface area contributed by atoms with E-state index in [-0.39, 0.29) is 35.5 Å². The first-order valence-corrected chi connectivity index (χ1v) is 14.6. The second-order valence-corrected chi connectivity index (χ2v) is 11.4. The minimum Gasteiger partial charge on any atom is -0.406 e. The van der Waals surface area contributed by atoms with Gasteiger partial charge in [0.25, 0.3) is 0 Å². The number of rotatable bonds is 9. The van der Waals surface area contributed by atoms with Crippen molar-refractivity contribution in [3.8, 4) is 16.9 Å². The van der Waals surface area contributed by atoms with Gasteiger partial charge in [-0.1, -0.05) is 67.4 Å². The number of nitrogens with two attached hydrogens (primary N) is 1. The van der Waals surface area contributed by atoms with Crippen LogP contribution in [-0.2, 0) is 32.7 Å². The van der Waals surface area contributed by atoms with Gasteiger partial charge >= 0.3 is 6.36 Å². The number of primary sulfonamides is 1. The lowest BCUT2D eigenvalue weighted by Gasteiger charge is -2.29. The van der Waals surface area contributed by atoms with Crippen molar-refractivity contribution in [1.82, 2.24) is 10.6 Å². The molecule has 4 N–H and O–H groups in total. The van der Waals surface area contributed by atoms with E-state index in [1.54, 1.807) is 42.5 Å². The maximum atomic E-state index is 13.1. The van der Waals surface area contributed by atoms with Crippen LogP contribution in [0.4, 0.5) is 13.2 Å². The van der Waals surface area contributed by atoms with Gasteiger partial charge in [0.05, 0.1) is 4.90 Å². The number of nitrogens with one attached hydrogen (secondary N) is 2. The highest BCUT2D eigenvalue weighted by Gasteiger charge is 2.35. The second kappa shape index (κ2) is 12.7. The van der Waals surface area contributed by atoms with E-state index in [2.05, 4.69) is 15.4 Å². The molecular weight excluding hydrogens is 559 g/mol. The Morgan fingerprint density at radius 3 is 1.78 bits per heavy atom. The lowest BCUT2D eigenvalue weighted by molar-refractivity contribution is -0.274. The van der Waals surface area contributed by atoms with Gasteiger partial charge in [0, 0.05) is 30.5 Å². The largest absolute Gasteiger partial charge is 0.573 e. The van der Waals surface area contributed by atoms with Crippen molar-refractivity contribution < 1.29 is 35.9 Å². The highest BCUT2D eigenvalue weighted by molar-refractivity contribution is 7.89. The molecule has 0 radical (unpaired) electrons. The van der Waals surface area contributed by atoms with Crippen LogP contribution in [0.15, 0.2) is 77.7 Å². The van der Waals surface area contributed by atoms with Crippen LogP contribution < -0.4 is 20.5 Å². The molecule has 0 aliphatic heterocycles. The molecule has 12 heteroatoms. The van der Waals surface area contributed by atoms with E-state index in [0.29, 0.717) is 29.5 Å². The smallest absolute Gasteiger partial charge is 0.406 e. The van der Waals surface area contributed by atoms with Crippen molar-refractivity contribution in [2.45, 2.75) is 50.0 Å². The summed E-state index contributed by atoms with van der Waals surface area (Å²) < 4.78 is 64.8. The van der Waals surface area contributed by atoms with Crippen molar-refractivity contribution in [2.24, 2.45) is 17.0 Å². The lowest BCUT2D eigenvalue weighted by Crippen LogP contribution is -2.43. The molecule has 4 rings (SSSR count). The normalized spacial score (nSPS) is 17.5. The molecular formula is C29H30F3N3O5S. The zero-order chi connectivity index (χ0) is 29.6. The van der Waals surface area contributed by atoms with Crippen LogP contribution in [-0.4, -0.2) is 26.6 Å². The van der Waals surface area contributed by atoms with Crippen LogP contribution in [0.5, 0.6) is 5.75 Å². The van der Waals surface area contributed by atoms with Crippen molar-refractivity contribution in [3.05, 3.63) is 83.9 Å². The number of carbonyl (C=O) groups is 2. The number of alkyl halides is 3. The molecule has 0 bridgehead atoms. The first kappa shape index (κ1) is 30.1. The molecule has 3 aromatic carbocycles. The lowest BCUT2D eigenvalue weighted by atomic mass is 9.78. The SMILES string of the molecule is NS(=O)(=O)c1ccccc1-c1ccc(CNC(=O)[C@@H]2CCCC[C@H]2C(=O)NCc2ccc(OC(F)(F)F)cc2)cc1. The van der Waals surface area contributed by atoms with Crippen LogP contribution in [0.3, 0.4) is 0 Å². The summed E-state index contributed by atoms with van der Waals surface area (Å²) >= 11 is 0. The monoisotopic (exact) mass is 589 g/mol. The minimum atomic E-state index is -4.78. The summed E-state index contributed by atoms with van der Waals surface area (Å²) in [5, 5.41) is 11.0. The van der Waals surface area contributed by atoms with Crippen molar-refractivity contribution in [2.75, 3.05) is 0 Å². The predicted molar refractivity (Wildman–Crippen MR) is 146 cm³/mol. The molecule has 0 saturated heterocycles. The number of ether oxygens (including phenoxy) is 1. The molecule has 0 heterocycles. The van der Waals surface area contributed by atoms with E-state index in [9.17, 15) is 31.2 Å². The second-order valence-electron chi connectivity index (χ2n) is 9.86. The van der Waals surface area contributed by atoms with Crippen LogP contribution in [0.25, 0.3) is 11.1 Å². The Morgan fingerprint density at radius 1 is 0.805 bits per heavy atom. The van der Waals surface area contributed by atoms with Crippen LogP contribution in [0.2, 0.25) is 0 Å². The van der Waals surface area contributed by atoms with Gasteiger partial charge in [-0.15, -0.1) is 13.2 Å². The Morgan fingerprint density at radius 2 is 1.29 bits per heavy atom. The van der Waals surface area contributed by atoms with E-state index < -0.39 is 28.2 Å². The minimum absolute atomic E-state index is 0.0233. The summed E-state index contributed by atoms with van der Waals surface area (Å²) in [5.41, 5.74) is 2.54. The molecule has 2 atom stereocenters. The third-order valence-electron chi connectivity index (χ3n) is 6.99. The summed E-state index contributed by atoms with van der Waals surface area (Å²) in [4.78, 5) is 26.1. The average Bonchev–Trinajstić information content (AvgIpc) is 2.94. The fourth-order valence-electron chi connectivity index (χ4n) is 4.96. The quantitative estimate of drug-likeness (QED) is 0.335. The Hall–Kier alpha value is -3.90. The third kappa shape index (κ3) is 8.30. The fourth-order valence-corrected chi connectivity index (χ4v) is 5.72. The van der Waals surface area contributed by atoms with E-state index in [4.69, 9.17) is 5.14 Å². The van der Waals surface area contributed by atoms with Gasteiger partial charge in [-0.25, -0.2) is 13.6 Å². The number of hydrogen-bond acceptors (Lipinski definition) is 5. The molecule has 41 heavy (non-hydrogen) atoms. The number of carbonyl (C=O) groups excluding carboxylic acids is 2. The number of amides is 2. The van der Waals surface area contributed by atoms with Crippen LogP contribution >= 0.6 is 0 Å². The van der Waals surface area contributed by atoms with Gasteiger partial charge in [-0.3, -0.25) is 9.59 Å². The highest BCUT2D eigenvalue weighted by atomic mass is 32.2. The predicted octanol–water partition coefficient (Wildman–Crippen LogP) is 4.64. The molecule has 0 unspecified atom stereocenters.